The number of fused-ring (bicyclic) bond motifs is 1. The first-order chi connectivity index (χ1) is 11.9. The minimum atomic E-state index is -0.305. The number of amides is 1. The van der Waals surface area contributed by atoms with Gasteiger partial charge in [-0.3, -0.25) is 0 Å². The summed E-state index contributed by atoms with van der Waals surface area (Å²) < 4.78 is 11.0. The van der Waals surface area contributed by atoms with Crippen molar-refractivity contribution in [3.05, 3.63) is 23.2 Å². The Bertz CT molecular complexity index is 790. The number of aromatic nitrogens is 1. The van der Waals surface area contributed by atoms with Gasteiger partial charge in [0.2, 0.25) is 0 Å². The maximum absolute atomic E-state index is 11.7. The summed E-state index contributed by atoms with van der Waals surface area (Å²) in [5.74, 6) is 0.352. The van der Waals surface area contributed by atoms with Gasteiger partial charge in [0.15, 0.2) is 5.58 Å². The average molecular weight is 364 g/mol. The van der Waals surface area contributed by atoms with Crippen LogP contribution in [0.3, 0.4) is 0 Å². The molecule has 2 aliphatic rings. The van der Waals surface area contributed by atoms with Crippen LogP contribution in [0.4, 0.5) is 10.8 Å². The number of ether oxygens (including phenoxy) is 1. The van der Waals surface area contributed by atoms with Crippen molar-refractivity contribution in [2.75, 3.05) is 24.6 Å². The van der Waals surface area contributed by atoms with Crippen molar-refractivity contribution in [2.45, 2.75) is 32.7 Å². The van der Waals surface area contributed by atoms with Gasteiger partial charge in [0.1, 0.15) is 5.52 Å². The fourth-order valence-electron chi connectivity index (χ4n) is 3.72. The Hall–Kier alpha value is -1.95. The van der Waals surface area contributed by atoms with Gasteiger partial charge in [-0.05, 0) is 37.0 Å². The van der Waals surface area contributed by atoms with Crippen LogP contribution in [0.25, 0.3) is 11.1 Å². The second-order valence-corrected chi connectivity index (χ2v) is 8.14. The van der Waals surface area contributed by atoms with Gasteiger partial charge in [-0.1, -0.05) is 25.4 Å². The number of alkyl carbamates (subject to hydrolysis) is 1. The molecule has 25 heavy (non-hydrogen) atoms. The van der Waals surface area contributed by atoms with Crippen LogP contribution >= 0.6 is 11.6 Å². The van der Waals surface area contributed by atoms with E-state index >= 15 is 0 Å². The van der Waals surface area contributed by atoms with Crippen LogP contribution < -0.4 is 10.2 Å². The summed E-state index contributed by atoms with van der Waals surface area (Å²) >= 11 is 5.99. The smallest absolute Gasteiger partial charge is 0.407 e. The van der Waals surface area contributed by atoms with E-state index in [2.05, 4.69) is 15.2 Å². The second-order valence-electron chi connectivity index (χ2n) is 7.71. The van der Waals surface area contributed by atoms with Gasteiger partial charge >= 0.3 is 6.09 Å². The zero-order valence-corrected chi connectivity index (χ0v) is 15.2. The molecule has 0 bridgehead atoms. The molecule has 1 saturated carbocycles. The third kappa shape index (κ3) is 3.27. The van der Waals surface area contributed by atoms with Crippen molar-refractivity contribution in [2.24, 2.45) is 11.3 Å². The highest BCUT2D eigenvalue weighted by molar-refractivity contribution is 6.31. The number of oxazole rings is 1. The van der Waals surface area contributed by atoms with E-state index in [9.17, 15) is 4.79 Å². The van der Waals surface area contributed by atoms with Crippen molar-refractivity contribution >= 4 is 34.8 Å². The molecule has 2 fully saturated rings. The monoisotopic (exact) mass is 363 g/mol. The molecular weight excluding hydrogens is 342 g/mol. The van der Waals surface area contributed by atoms with E-state index in [-0.39, 0.29) is 17.6 Å². The summed E-state index contributed by atoms with van der Waals surface area (Å²) in [6.45, 7) is 6.32. The topological polar surface area (TPSA) is 67.6 Å². The van der Waals surface area contributed by atoms with E-state index in [1.807, 2.05) is 26.0 Å². The molecule has 1 aliphatic carbocycles. The minimum Gasteiger partial charge on any atom is -0.449 e. The molecule has 1 aliphatic heterocycles. The number of rotatable bonds is 4. The number of anilines is 1. The van der Waals surface area contributed by atoms with E-state index in [1.165, 1.54) is 0 Å². The lowest BCUT2D eigenvalue weighted by Crippen LogP contribution is -2.66. The molecule has 2 aromatic rings. The number of carbonyl (C=O) groups excluding carboxylic acids is 1. The van der Waals surface area contributed by atoms with Crippen molar-refractivity contribution in [3.8, 4) is 0 Å². The predicted molar refractivity (Wildman–Crippen MR) is 96.0 cm³/mol. The Morgan fingerprint density at radius 1 is 1.48 bits per heavy atom. The predicted octanol–water partition coefficient (Wildman–Crippen LogP) is 3.83. The lowest BCUT2D eigenvalue weighted by atomic mass is 9.61. The molecule has 4 rings (SSSR count). The van der Waals surface area contributed by atoms with Gasteiger partial charge in [-0.15, -0.1) is 0 Å². The zero-order valence-electron chi connectivity index (χ0n) is 14.4. The van der Waals surface area contributed by atoms with Crippen LogP contribution in [0.15, 0.2) is 22.6 Å². The number of nitrogens with zero attached hydrogens (tertiary/aromatic N) is 2. The van der Waals surface area contributed by atoms with Crippen LogP contribution in [-0.2, 0) is 4.74 Å². The summed E-state index contributed by atoms with van der Waals surface area (Å²) in [6, 6.07) is 6.32. The molecule has 1 N–H and O–H groups in total. The number of halogens is 1. The fourth-order valence-corrected chi connectivity index (χ4v) is 3.89. The van der Waals surface area contributed by atoms with Crippen LogP contribution in [0.2, 0.25) is 5.02 Å². The van der Waals surface area contributed by atoms with Crippen LogP contribution in [0.5, 0.6) is 0 Å². The molecule has 0 atom stereocenters. The number of nitrogens with one attached hydrogen (secondary N) is 1. The molecule has 134 valence electrons. The summed E-state index contributed by atoms with van der Waals surface area (Å²) in [6.07, 6.45) is 1.65. The standard InChI is InChI=1S/C18H22ClN3O3/c1-11(2)8-24-17(23)20-13-6-18(7-13)9-22(10-18)16-21-14-5-12(19)3-4-15(14)25-16/h3-5,11,13H,6-10H2,1-2H3,(H,20,23). The summed E-state index contributed by atoms with van der Waals surface area (Å²) in [5.41, 5.74) is 1.81. The van der Waals surface area contributed by atoms with Crippen LogP contribution in [0.1, 0.15) is 26.7 Å². The maximum atomic E-state index is 11.7. The highest BCUT2D eigenvalue weighted by atomic mass is 35.5. The Morgan fingerprint density at radius 2 is 2.24 bits per heavy atom. The quantitative estimate of drug-likeness (QED) is 0.894. The highest BCUT2D eigenvalue weighted by Gasteiger charge is 2.54. The fraction of sp³-hybridized carbons (Fsp3) is 0.556. The normalized spacial score (nSPS) is 19.1. The van der Waals surface area contributed by atoms with Gasteiger partial charge in [0.05, 0.1) is 6.61 Å². The van der Waals surface area contributed by atoms with Crippen LogP contribution in [-0.4, -0.2) is 36.8 Å². The molecule has 1 spiro atoms. The molecule has 1 amide bonds. The zero-order chi connectivity index (χ0) is 17.6. The SMILES string of the molecule is CC(C)COC(=O)NC1CC2(C1)CN(c1nc3cc(Cl)ccc3o1)C2. The molecule has 1 saturated heterocycles. The Balaban J connectivity index is 1.27. The third-order valence-corrected chi connectivity index (χ3v) is 5.13. The summed E-state index contributed by atoms with van der Waals surface area (Å²) in [7, 11) is 0. The third-order valence-electron chi connectivity index (χ3n) is 4.89. The van der Waals surface area contributed by atoms with Crippen molar-refractivity contribution in [1.29, 1.82) is 0 Å². The molecule has 2 heterocycles. The number of hydrogen-bond acceptors (Lipinski definition) is 5. The van der Waals surface area contributed by atoms with Gasteiger partial charge in [0.25, 0.3) is 6.01 Å². The van der Waals surface area contributed by atoms with E-state index in [1.54, 1.807) is 6.07 Å². The van der Waals surface area contributed by atoms with Gasteiger partial charge < -0.3 is 19.4 Å². The first kappa shape index (κ1) is 16.5. The Morgan fingerprint density at radius 3 is 2.96 bits per heavy atom. The largest absolute Gasteiger partial charge is 0.449 e. The summed E-state index contributed by atoms with van der Waals surface area (Å²) in [5, 5.41) is 3.60. The maximum Gasteiger partial charge on any atom is 0.407 e. The molecule has 0 unspecified atom stereocenters. The lowest BCUT2D eigenvalue weighted by molar-refractivity contribution is 0.0399. The molecule has 6 nitrogen and oxygen atoms in total. The molecule has 1 aromatic carbocycles. The highest BCUT2D eigenvalue weighted by Crippen LogP contribution is 2.49. The van der Waals surface area contributed by atoms with E-state index in [4.69, 9.17) is 20.8 Å². The first-order valence-corrected chi connectivity index (χ1v) is 9.05. The molecule has 7 heteroatoms. The van der Waals surface area contributed by atoms with Crippen molar-refractivity contribution in [3.63, 3.8) is 0 Å². The molecule has 0 radical (unpaired) electrons. The first-order valence-electron chi connectivity index (χ1n) is 8.67. The van der Waals surface area contributed by atoms with Gasteiger partial charge in [-0.2, -0.15) is 4.98 Å². The number of hydrogen-bond donors (Lipinski definition) is 1. The van der Waals surface area contributed by atoms with Crippen molar-refractivity contribution in [1.82, 2.24) is 10.3 Å². The summed E-state index contributed by atoms with van der Waals surface area (Å²) in [4.78, 5) is 18.4. The average Bonchev–Trinajstić information content (AvgIpc) is 2.88. The number of benzene rings is 1. The van der Waals surface area contributed by atoms with E-state index in [0.717, 1.165) is 37.0 Å². The van der Waals surface area contributed by atoms with Crippen molar-refractivity contribution < 1.29 is 13.9 Å². The Labute approximate surface area is 151 Å². The minimum absolute atomic E-state index is 0.212. The van der Waals surface area contributed by atoms with E-state index < -0.39 is 0 Å². The van der Waals surface area contributed by atoms with E-state index in [0.29, 0.717) is 23.6 Å². The van der Waals surface area contributed by atoms with Gasteiger partial charge in [0, 0.05) is 29.6 Å². The number of carbonyl (C=O) groups is 1. The van der Waals surface area contributed by atoms with Gasteiger partial charge in [-0.25, -0.2) is 4.79 Å². The molecule has 1 aromatic heterocycles. The lowest BCUT2D eigenvalue weighted by Gasteiger charge is -2.58. The Kier molecular flexibility index (Phi) is 4.02. The van der Waals surface area contributed by atoms with Crippen LogP contribution in [0, 0.1) is 11.3 Å². The second kappa shape index (κ2) is 6.09. The molecular formula is C18H22ClN3O3.